The zero-order valence-corrected chi connectivity index (χ0v) is 12.5. The predicted octanol–water partition coefficient (Wildman–Crippen LogP) is 5.47. The molecule has 0 saturated heterocycles. The molecule has 0 bridgehead atoms. The molecule has 0 atom stereocenters. The summed E-state index contributed by atoms with van der Waals surface area (Å²) in [5, 5.41) is 2.28. The normalized spacial score (nSPS) is 9.00. The fourth-order valence-electron chi connectivity index (χ4n) is 1.68. The molecule has 1 aromatic carbocycles. The van der Waals surface area contributed by atoms with Gasteiger partial charge in [0.2, 0.25) is 0 Å². The second-order valence-electron chi connectivity index (χ2n) is 3.22. The van der Waals surface area contributed by atoms with Crippen LogP contribution in [-0.2, 0) is 0 Å². The van der Waals surface area contributed by atoms with Gasteiger partial charge in [0.25, 0.3) is 0 Å². The van der Waals surface area contributed by atoms with Gasteiger partial charge in [0.15, 0.2) is 0 Å². The molecule has 3 rings (SSSR count). The van der Waals surface area contributed by atoms with Crippen molar-refractivity contribution in [3.63, 3.8) is 0 Å². The molecule has 0 N–H and O–H groups in total. The highest BCUT2D eigenvalue weighted by atomic mass is 14.7. The minimum Gasteiger partial charge on any atom is -0.254 e. The lowest BCUT2D eigenvalue weighted by atomic mass is 10.1. The Balaban J connectivity index is 0.000000538. The molecule has 2 aromatic heterocycles. The van der Waals surface area contributed by atoms with Gasteiger partial charge in [-0.2, -0.15) is 0 Å². The van der Waals surface area contributed by atoms with Crippen LogP contribution in [-0.4, -0.2) is 9.97 Å². The molecule has 0 aliphatic carbocycles. The second kappa shape index (κ2) is 9.03. The van der Waals surface area contributed by atoms with Gasteiger partial charge in [-0.1, -0.05) is 59.4 Å². The average Bonchev–Trinajstić information content (AvgIpc) is 2.60. The standard InChI is InChI=1S/C12H8N2.2C2H6.CH4/c1-3-9-5-6-10-4-2-8-14-12(10)11(9)13-7-1;2*1-2;/h1-8H;2*1-2H3;1H4/i;;;1D. The van der Waals surface area contributed by atoms with Crippen LogP contribution in [0.15, 0.2) is 48.8 Å². The first-order valence-corrected chi connectivity index (χ1v) is 6.53. The van der Waals surface area contributed by atoms with E-state index in [1.165, 1.54) is 7.40 Å². The lowest BCUT2D eigenvalue weighted by Gasteiger charge is -2.00. The maximum absolute atomic E-state index is 5.75. The van der Waals surface area contributed by atoms with Crippen LogP contribution in [0.25, 0.3) is 21.8 Å². The molecular weight excluding hydrogens is 232 g/mol. The predicted molar refractivity (Wildman–Crippen MR) is 86.5 cm³/mol. The topological polar surface area (TPSA) is 25.8 Å². The summed E-state index contributed by atoms with van der Waals surface area (Å²) in [5.41, 5.74) is 1.95. The van der Waals surface area contributed by atoms with E-state index < -0.39 is 0 Å². The van der Waals surface area contributed by atoms with E-state index in [0.29, 0.717) is 0 Å². The van der Waals surface area contributed by atoms with Crippen molar-refractivity contribution < 1.29 is 1.37 Å². The monoisotopic (exact) mass is 257 g/mol. The summed E-state index contributed by atoms with van der Waals surface area (Å²) in [6.07, 6.45) is 3.60. The first-order chi connectivity index (χ1) is 9.95. The summed E-state index contributed by atoms with van der Waals surface area (Å²) in [5.74, 6) is 0. The Kier molecular flexibility index (Phi) is 7.18. The molecule has 102 valence electrons. The third-order valence-electron chi connectivity index (χ3n) is 2.34. The van der Waals surface area contributed by atoms with Crippen LogP contribution in [0.4, 0.5) is 0 Å². The number of pyridine rings is 2. The van der Waals surface area contributed by atoms with Gasteiger partial charge in [0, 0.05) is 24.5 Å². The van der Waals surface area contributed by atoms with Crippen molar-refractivity contribution in [1.82, 2.24) is 9.97 Å². The zero-order chi connectivity index (χ0) is 15.4. The van der Waals surface area contributed by atoms with Crippen molar-refractivity contribution in [2.24, 2.45) is 0 Å². The van der Waals surface area contributed by atoms with Crippen molar-refractivity contribution in [3.05, 3.63) is 48.8 Å². The maximum Gasteiger partial charge on any atom is 0.0964 e. The van der Waals surface area contributed by atoms with E-state index in [9.17, 15) is 0 Å². The van der Waals surface area contributed by atoms with Crippen LogP contribution in [0, 0.1) is 0 Å². The molecule has 0 unspecified atom stereocenters. The third-order valence-corrected chi connectivity index (χ3v) is 2.34. The Morgan fingerprint density at radius 2 is 1.11 bits per heavy atom. The van der Waals surface area contributed by atoms with Crippen LogP contribution in [0.1, 0.15) is 36.5 Å². The number of benzene rings is 1. The van der Waals surface area contributed by atoms with Crippen molar-refractivity contribution in [3.8, 4) is 0 Å². The van der Waals surface area contributed by atoms with Crippen molar-refractivity contribution in [2.75, 3.05) is 0 Å². The smallest absolute Gasteiger partial charge is 0.0964 e. The van der Waals surface area contributed by atoms with Gasteiger partial charge in [-0.3, -0.25) is 9.97 Å². The van der Waals surface area contributed by atoms with E-state index in [4.69, 9.17) is 1.37 Å². The zero-order valence-electron chi connectivity index (χ0n) is 13.5. The molecule has 0 saturated carbocycles. The van der Waals surface area contributed by atoms with Crippen LogP contribution < -0.4 is 0 Å². The molecule has 0 amide bonds. The van der Waals surface area contributed by atoms with Crippen LogP contribution in [0.2, 0.25) is 0 Å². The molecule has 3 aromatic rings. The van der Waals surface area contributed by atoms with E-state index in [-0.39, 0.29) is 0 Å². The Bertz CT molecular complexity index is 554. The van der Waals surface area contributed by atoms with Crippen molar-refractivity contribution in [2.45, 2.75) is 35.1 Å². The van der Waals surface area contributed by atoms with E-state index in [2.05, 4.69) is 34.2 Å². The van der Waals surface area contributed by atoms with Crippen LogP contribution >= 0.6 is 0 Å². The summed E-state index contributed by atoms with van der Waals surface area (Å²) in [6, 6.07) is 12.1. The summed E-state index contributed by atoms with van der Waals surface area (Å²) in [6.45, 7) is 8.00. The molecule has 0 spiro atoms. The van der Waals surface area contributed by atoms with Crippen molar-refractivity contribution >= 4 is 21.8 Å². The Morgan fingerprint density at radius 1 is 0.737 bits per heavy atom. The van der Waals surface area contributed by atoms with Gasteiger partial charge in [-0.15, -0.1) is 0 Å². The summed E-state index contributed by atoms with van der Waals surface area (Å²) in [7, 11) is 1.25. The molecule has 0 aliphatic rings. The highest BCUT2D eigenvalue weighted by Crippen LogP contribution is 2.20. The molecule has 2 nitrogen and oxygen atoms in total. The average molecular weight is 257 g/mol. The first-order valence-electron chi connectivity index (χ1n) is 7.53. The molecule has 2 heterocycles. The van der Waals surface area contributed by atoms with Crippen LogP contribution in [0.3, 0.4) is 0 Å². The van der Waals surface area contributed by atoms with Gasteiger partial charge in [0.1, 0.15) is 0 Å². The van der Waals surface area contributed by atoms with E-state index >= 15 is 0 Å². The molecule has 2 heteroatoms. The summed E-state index contributed by atoms with van der Waals surface area (Å²) < 4.78 is 5.75. The largest absolute Gasteiger partial charge is 0.254 e. The van der Waals surface area contributed by atoms with E-state index in [1.807, 2.05) is 39.8 Å². The highest BCUT2D eigenvalue weighted by Gasteiger charge is 2.00. The van der Waals surface area contributed by atoms with Crippen LogP contribution in [0.5, 0.6) is 0 Å². The number of rotatable bonds is 0. The fraction of sp³-hybridized carbons (Fsp3) is 0.294. The van der Waals surface area contributed by atoms with Gasteiger partial charge in [-0.25, -0.2) is 0 Å². The maximum atomic E-state index is 5.75. The van der Waals surface area contributed by atoms with Gasteiger partial charge in [0.05, 0.1) is 11.0 Å². The quantitative estimate of drug-likeness (QED) is 0.499. The highest BCUT2D eigenvalue weighted by molar-refractivity contribution is 6.02. The number of hydrogen-bond donors (Lipinski definition) is 0. The first kappa shape index (κ1) is 15.1. The third kappa shape index (κ3) is 3.75. The van der Waals surface area contributed by atoms with Crippen molar-refractivity contribution in [1.29, 1.82) is 0 Å². The molecule has 19 heavy (non-hydrogen) atoms. The summed E-state index contributed by atoms with van der Waals surface area (Å²) in [4.78, 5) is 8.69. The molecule has 0 aliphatic heterocycles. The second-order valence-corrected chi connectivity index (χ2v) is 3.22. The number of nitrogens with zero attached hydrogens (tertiary/aromatic N) is 2. The number of aromatic nitrogens is 2. The van der Waals surface area contributed by atoms with Gasteiger partial charge in [-0.05, 0) is 12.1 Å². The number of hydrogen-bond acceptors (Lipinski definition) is 2. The van der Waals surface area contributed by atoms with E-state index in [1.54, 1.807) is 12.4 Å². The minimum absolute atomic E-state index is 0.977. The lowest BCUT2D eigenvalue weighted by molar-refractivity contribution is 1.37. The molecule has 0 radical (unpaired) electrons. The van der Waals surface area contributed by atoms with E-state index in [0.717, 1.165) is 21.8 Å². The summed E-state index contributed by atoms with van der Waals surface area (Å²) >= 11 is 0. The van der Waals surface area contributed by atoms with Gasteiger partial charge < -0.3 is 0 Å². The fourth-order valence-corrected chi connectivity index (χ4v) is 1.68. The minimum atomic E-state index is 0.977. The molecular formula is C17H24N2. The lowest BCUT2D eigenvalue weighted by Crippen LogP contribution is -1.83. The van der Waals surface area contributed by atoms with Gasteiger partial charge >= 0.3 is 0 Å². The number of fused-ring (bicyclic) bond motifs is 3. The Morgan fingerprint density at radius 3 is 1.47 bits per heavy atom. The molecule has 0 fully saturated rings. The SMILES string of the molecule is CC.CC.[2H]C.c1cnc2c(c1)ccc1cccnc12. The Labute approximate surface area is 117 Å². The Hall–Kier alpha value is -1.96.